The monoisotopic (exact) mass is 444 g/mol. The number of rotatable bonds is 5. The van der Waals surface area contributed by atoms with Crippen LogP contribution in [-0.4, -0.2) is 28.9 Å². The van der Waals surface area contributed by atoms with E-state index >= 15 is 0 Å². The van der Waals surface area contributed by atoms with Crippen molar-refractivity contribution in [2.45, 2.75) is 31.1 Å². The van der Waals surface area contributed by atoms with Crippen LogP contribution in [-0.2, 0) is 19.9 Å². The third-order valence-corrected chi connectivity index (χ3v) is 6.59. The van der Waals surface area contributed by atoms with Gasteiger partial charge in [-0.05, 0) is 51.0 Å². The fourth-order valence-corrected chi connectivity index (χ4v) is 4.56. The van der Waals surface area contributed by atoms with Crippen LogP contribution in [0.1, 0.15) is 26.3 Å². The predicted molar refractivity (Wildman–Crippen MR) is 110 cm³/mol. The van der Waals surface area contributed by atoms with E-state index in [9.17, 15) is 4.21 Å². The first-order valence-electron chi connectivity index (χ1n) is 7.63. The van der Waals surface area contributed by atoms with Gasteiger partial charge in [-0.1, -0.05) is 44.5 Å². The molecule has 4 nitrogen and oxygen atoms in total. The fraction of sp³-hybridized carbons (Fsp3) is 0.333. The minimum absolute atomic E-state index is 0.0205. The summed E-state index contributed by atoms with van der Waals surface area (Å²) in [6.45, 7) is 6.49. The van der Waals surface area contributed by atoms with Gasteiger partial charge in [0.1, 0.15) is 11.3 Å². The Labute approximate surface area is 163 Å². The number of halogens is 2. The van der Waals surface area contributed by atoms with Crippen LogP contribution >= 0.6 is 27.5 Å². The van der Waals surface area contributed by atoms with Gasteiger partial charge in [0.05, 0.1) is 20.4 Å². The molecule has 0 amide bonds. The molecule has 1 unspecified atom stereocenters. The van der Waals surface area contributed by atoms with Gasteiger partial charge >= 0.3 is 0 Å². The molecule has 0 bridgehead atoms. The molecule has 136 valence electrons. The van der Waals surface area contributed by atoms with E-state index < -0.39 is 9.71 Å². The number of hydrogen-bond donors (Lipinski definition) is 0. The Balaban J connectivity index is 2.51. The summed E-state index contributed by atoms with van der Waals surface area (Å²) in [5.41, 5.74) is 1.75. The third-order valence-electron chi connectivity index (χ3n) is 3.75. The molecule has 0 fully saturated rings. The highest BCUT2D eigenvalue weighted by Gasteiger charge is 2.23. The van der Waals surface area contributed by atoms with E-state index in [1.165, 1.54) is 13.3 Å². The molecule has 7 heteroatoms. The number of methoxy groups -OCH3 is 1. The molecule has 25 heavy (non-hydrogen) atoms. The first kappa shape index (κ1) is 20.2. The summed E-state index contributed by atoms with van der Waals surface area (Å²) >= 11 is 9.45. The number of pyridine rings is 1. The van der Waals surface area contributed by atoms with E-state index in [1.807, 2.05) is 24.3 Å². The Kier molecular flexibility index (Phi) is 6.20. The molecule has 0 radical (unpaired) electrons. The summed E-state index contributed by atoms with van der Waals surface area (Å²) in [7, 11) is -1.30. The number of aromatic nitrogens is 1. The maximum absolute atomic E-state index is 13.5. The van der Waals surface area contributed by atoms with Crippen molar-refractivity contribution in [2.24, 2.45) is 0 Å². The van der Waals surface area contributed by atoms with Crippen molar-refractivity contribution in [3.05, 3.63) is 51.7 Å². The molecular weight excluding hydrogens is 424 g/mol. The van der Waals surface area contributed by atoms with E-state index in [0.717, 1.165) is 5.56 Å². The van der Waals surface area contributed by atoms with Gasteiger partial charge in [0, 0.05) is 18.2 Å². The van der Waals surface area contributed by atoms with Crippen LogP contribution in [0, 0.1) is 0 Å². The minimum atomic E-state index is -2.84. The normalized spacial score (nSPS) is 14.2. The zero-order valence-corrected chi connectivity index (χ0v) is 17.9. The Morgan fingerprint density at radius 2 is 1.92 bits per heavy atom. The number of anilines is 1. The summed E-state index contributed by atoms with van der Waals surface area (Å²) in [4.78, 5) is 4.78. The molecule has 1 aromatic carbocycles. The SMILES string of the molecule is C=S(=O)(c1ccc(C(C)(C)C)cc1)N(COC)c1cc(Cl)cnc1Br. The number of ether oxygens (including phenoxy) is 1. The van der Waals surface area contributed by atoms with Crippen molar-refractivity contribution >= 4 is 48.8 Å². The van der Waals surface area contributed by atoms with E-state index in [4.69, 9.17) is 16.3 Å². The summed E-state index contributed by atoms with van der Waals surface area (Å²) in [5.74, 6) is 3.98. The lowest BCUT2D eigenvalue weighted by atomic mass is 9.87. The highest BCUT2D eigenvalue weighted by molar-refractivity contribution is 9.10. The summed E-state index contributed by atoms with van der Waals surface area (Å²) in [6, 6.07) is 9.35. The van der Waals surface area contributed by atoms with Crippen LogP contribution < -0.4 is 4.31 Å². The van der Waals surface area contributed by atoms with E-state index in [2.05, 4.69) is 47.6 Å². The van der Waals surface area contributed by atoms with E-state index in [1.54, 1.807) is 10.4 Å². The second-order valence-corrected chi connectivity index (χ2v) is 10.1. The van der Waals surface area contributed by atoms with Crippen molar-refractivity contribution in [2.75, 3.05) is 18.1 Å². The molecule has 0 spiro atoms. The third kappa shape index (κ3) is 4.56. The molecule has 2 rings (SSSR count). The molecular formula is C18H22BrClN2O2S. The molecule has 0 saturated carbocycles. The molecule has 0 aliphatic carbocycles. The van der Waals surface area contributed by atoms with E-state index in [0.29, 0.717) is 20.2 Å². The summed E-state index contributed by atoms with van der Waals surface area (Å²) in [6.07, 6.45) is 1.52. The van der Waals surface area contributed by atoms with Gasteiger partial charge in [0.15, 0.2) is 0 Å². The molecule has 1 aromatic heterocycles. The first-order chi connectivity index (χ1) is 11.6. The van der Waals surface area contributed by atoms with Gasteiger partial charge < -0.3 is 4.74 Å². The Morgan fingerprint density at radius 1 is 1.32 bits per heavy atom. The second-order valence-electron chi connectivity index (χ2n) is 6.67. The maximum atomic E-state index is 13.5. The predicted octanol–water partition coefficient (Wildman–Crippen LogP) is 4.90. The van der Waals surface area contributed by atoms with E-state index in [-0.39, 0.29) is 12.1 Å². The Morgan fingerprint density at radius 3 is 2.44 bits per heavy atom. The lowest BCUT2D eigenvalue weighted by Crippen LogP contribution is -2.33. The largest absolute Gasteiger partial charge is 0.363 e. The molecule has 0 aliphatic rings. The average Bonchev–Trinajstić information content (AvgIpc) is 2.54. The van der Waals surface area contributed by atoms with Crippen molar-refractivity contribution in [3.8, 4) is 0 Å². The number of hydrogen-bond acceptors (Lipinski definition) is 3. The standard InChI is InChI=1S/C18H22BrClN2O2S/c1-18(2,3)13-6-8-15(9-7-13)25(5,23)22(12-24-4)16-10-14(20)11-21-17(16)19/h6-11H,5,12H2,1-4H3. The van der Waals surface area contributed by atoms with Crippen molar-refractivity contribution in [1.29, 1.82) is 0 Å². The van der Waals surface area contributed by atoms with Gasteiger partial charge in [-0.15, -0.1) is 0 Å². The van der Waals surface area contributed by atoms with Gasteiger partial charge in [-0.2, -0.15) is 0 Å². The Hall–Kier alpha value is -1.08. The average molecular weight is 446 g/mol. The fourth-order valence-electron chi connectivity index (χ4n) is 2.31. The molecule has 2 aromatic rings. The lowest BCUT2D eigenvalue weighted by molar-refractivity contribution is 0.210. The number of nitrogens with zero attached hydrogens (tertiary/aromatic N) is 2. The quantitative estimate of drug-likeness (QED) is 0.373. The number of benzene rings is 1. The van der Waals surface area contributed by atoms with Crippen LogP contribution in [0.3, 0.4) is 0 Å². The minimum Gasteiger partial charge on any atom is -0.363 e. The zero-order chi connectivity index (χ0) is 18.8. The smallest absolute Gasteiger partial charge is 0.130 e. The highest BCUT2D eigenvalue weighted by atomic mass is 79.9. The molecule has 0 saturated heterocycles. The van der Waals surface area contributed by atoms with Crippen LogP contribution in [0.15, 0.2) is 46.0 Å². The molecule has 0 N–H and O–H groups in total. The van der Waals surface area contributed by atoms with Gasteiger partial charge in [-0.25, -0.2) is 9.19 Å². The Bertz CT molecular complexity index is 846. The second kappa shape index (κ2) is 7.66. The molecule has 1 atom stereocenters. The lowest BCUT2D eigenvalue weighted by Gasteiger charge is -2.29. The van der Waals surface area contributed by atoms with Crippen molar-refractivity contribution in [3.63, 3.8) is 0 Å². The summed E-state index contributed by atoms with van der Waals surface area (Å²) in [5, 5.41) is 0.442. The summed E-state index contributed by atoms with van der Waals surface area (Å²) < 4.78 is 20.9. The van der Waals surface area contributed by atoms with Gasteiger partial charge in [-0.3, -0.25) is 4.31 Å². The van der Waals surface area contributed by atoms with Gasteiger partial charge in [0.2, 0.25) is 0 Å². The van der Waals surface area contributed by atoms with Crippen molar-refractivity contribution < 1.29 is 8.95 Å². The molecule has 1 heterocycles. The zero-order valence-electron chi connectivity index (χ0n) is 14.8. The molecule has 0 aliphatic heterocycles. The van der Waals surface area contributed by atoms with Crippen LogP contribution in [0.5, 0.6) is 0 Å². The topological polar surface area (TPSA) is 42.4 Å². The van der Waals surface area contributed by atoms with Gasteiger partial charge in [0.25, 0.3) is 0 Å². The highest BCUT2D eigenvalue weighted by Crippen LogP contribution is 2.32. The van der Waals surface area contributed by atoms with Crippen LogP contribution in [0.4, 0.5) is 5.69 Å². The maximum Gasteiger partial charge on any atom is 0.130 e. The van der Waals surface area contributed by atoms with Crippen LogP contribution in [0.2, 0.25) is 5.02 Å². The van der Waals surface area contributed by atoms with Crippen molar-refractivity contribution in [1.82, 2.24) is 4.98 Å². The van der Waals surface area contributed by atoms with Crippen LogP contribution in [0.25, 0.3) is 0 Å². The first-order valence-corrected chi connectivity index (χ1v) is 10.5.